The molecule has 0 amide bonds. The second-order valence-electron chi connectivity index (χ2n) is 1.79. The van der Waals surface area contributed by atoms with E-state index in [4.69, 9.17) is 13.3 Å². The van der Waals surface area contributed by atoms with Crippen LogP contribution in [0, 0.1) is 0 Å². The third-order valence-electron chi connectivity index (χ3n) is 1.22. The number of hydrogen-bond acceptors (Lipinski definition) is 2. The summed E-state index contributed by atoms with van der Waals surface area (Å²) in [6.45, 7) is 0. The molecule has 0 bridgehead atoms. The maximum absolute atomic E-state index is 8.56. The van der Waals surface area contributed by atoms with E-state index < -0.39 is 11.4 Å². The summed E-state index contributed by atoms with van der Waals surface area (Å²) >= 11 is -2.86. The molecule has 2 radical (unpaired) electrons. The van der Waals surface area contributed by atoms with Crippen LogP contribution in [0.4, 0.5) is 0 Å². The Morgan fingerprint density at radius 1 is 1.18 bits per heavy atom. The summed E-state index contributed by atoms with van der Waals surface area (Å²) in [5.41, 5.74) is 2.85. The van der Waals surface area contributed by atoms with Crippen LogP contribution in [0.3, 0.4) is 0 Å². The summed E-state index contributed by atoms with van der Waals surface area (Å²) in [4.78, 5) is 0. The zero-order chi connectivity index (χ0) is 7.56. The van der Waals surface area contributed by atoms with Crippen LogP contribution in [0.15, 0.2) is 24.3 Å². The summed E-state index contributed by atoms with van der Waals surface area (Å²) in [5, 5.41) is 0. The number of fused-ring (bicyclic) bond motifs is 1. The molecule has 0 saturated heterocycles. The first-order valence-electron chi connectivity index (χ1n) is 2.59. The van der Waals surface area contributed by atoms with Gasteiger partial charge in [0.1, 0.15) is 0 Å². The molecule has 11 heavy (non-hydrogen) atoms. The van der Waals surface area contributed by atoms with Crippen molar-refractivity contribution in [2.24, 2.45) is 0 Å². The summed E-state index contributed by atoms with van der Waals surface area (Å²) in [7, 11) is 0. The molecule has 0 heterocycles. The van der Waals surface area contributed by atoms with Crippen molar-refractivity contribution in [3.8, 4) is 11.1 Å². The Kier molecular flexibility index (Phi) is 4.90. The topological polar surface area (TPSA) is 60.4 Å². The van der Waals surface area contributed by atoms with Gasteiger partial charge in [-0.3, -0.25) is 0 Å². The van der Waals surface area contributed by atoms with E-state index in [1.54, 1.807) is 0 Å². The molecule has 0 aromatic heterocycles. The van der Waals surface area contributed by atoms with Gasteiger partial charge in [-0.1, -0.05) is 24.3 Å². The van der Waals surface area contributed by atoms with Crippen molar-refractivity contribution in [2.45, 2.75) is 0 Å². The average Bonchev–Trinajstić information content (AvgIpc) is 1.77. The van der Waals surface area contributed by atoms with Gasteiger partial charge in [-0.2, -0.15) is 0 Å². The van der Waals surface area contributed by atoms with Crippen LogP contribution in [0.5, 0.6) is 0 Å². The van der Waals surface area contributed by atoms with Crippen molar-refractivity contribution in [1.82, 2.24) is 0 Å². The van der Waals surface area contributed by atoms with Gasteiger partial charge in [0.2, 0.25) is 0 Å². The minimum absolute atomic E-state index is 0. The fourth-order valence-electron chi connectivity index (χ4n) is 0.663. The van der Waals surface area contributed by atoms with Crippen LogP contribution in [-0.2, 0) is 11.4 Å². The van der Waals surface area contributed by atoms with E-state index in [9.17, 15) is 0 Å². The molecule has 1 N–H and O–H groups in total. The molecule has 0 aromatic carbocycles. The van der Waals surface area contributed by atoms with Crippen LogP contribution < -0.4 is 0 Å². The minimum atomic E-state index is -2.86. The Morgan fingerprint density at radius 3 is 1.36 bits per heavy atom. The smallest absolute Gasteiger partial charge is 0.0184 e. The van der Waals surface area contributed by atoms with E-state index in [0.717, 1.165) is 0 Å². The van der Waals surface area contributed by atoms with Crippen molar-refractivity contribution in [3.05, 3.63) is 24.3 Å². The molecule has 60 valence electrons. The molecule has 0 fully saturated rings. The maximum atomic E-state index is 8.56. The standard InChI is InChI=1S/C6H4.H2O3S.Sn.2H/c1-2-6-4-3-5(1)6;1-4(2)3;;;/h1-4H;(H2,1,2,3);;;/p-1. The molecule has 5 heteroatoms. The van der Waals surface area contributed by atoms with Crippen molar-refractivity contribution in [1.29, 1.82) is 0 Å². The van der Waals surface area contributed by atoms with Crippen molar-refractivity contribution in [2.75, 3.05) is 0 Å². The normalized spacial score (nSPS) is 11.8. The Labute approximate surface area is 83.9 Å². The molecule has 3 nitrogen and oxygen atoms in total. The molecule has 1 unspecified atom stereocenters. The summed E-state index contributed by atoms with van der Waals surface area (Å²) in [6, 6.07) is 8.48. The quantitative estimate of drug-likeness (QED) is 0.548. The SMILES string of the molecule is O=S([O-])O.[SnH2].c1cc2ccc1-2. The zero-order valence-corrected chi connectivity index (χ0v) is 10.5. The maximum Gasteiger partial charge on any atom is -0.0184 e. The molecular weight excluding hydrogens is 271 g/mol. The molecule has 2 aliphatic carbocycles. The van der Waals surface area contributed by atoms with Crippen LogP contribution in [-0.4, -0.2) is 37.2 Å². The van der Waals surface area contributed by atoms with Crippen LogP contribution >= 0.6 is 0 Å². The second kappa shape index (κ2) is 4.86. The van der Waals surface area contributed by atoms with E-state index in [2.05, 4.69) is 24.3 Å². The van der Waals surface area contributed by atoms with E-state index in [-0.39, 0.29) is 23.9 Å². The molecule has 0 aromatic rings. The van der Waals surface area contributed by atoms with Gasteiger partial charge in [-0.05, 0) is 11.1 Å². The molecule has 0 saturated carbocycles. The molecule has 0 aliphatic heterocycles. The summed E-state index contributed by atoms with van der Waals surface area (Å²) in [5.74, 6) is 0. The Bertz CT molecular complexity index is 222. The minimum Gasteiger partial charge on any atom is -0.0538 e. The molecule has 2 rings (SSSR count). The summed E-state index contributed by atoms with van der Waals surface area (Å²) in [6.07, 6.45) is 0. The predicted molar refractivity (Wildman–Crippen MR) is 45.5 cm³/mol. The van der Waals surface area contributed by atoms with Crippen LogP contribution in [0.2, 0.25) is 0 Å². The fraction of sp³-hybridized carbons (Fsp3) is 0. The predicted octanol–water partition coefficient (Wildman–Crippen LogP) is 0.0893. The van der Waals surface area contributed by atoms with Gasteiger partial charge in [0.25, 0.3) is 0 Å². The van der Waals surface area contributed by atoms with Crippen molar-refractivity contribution in [3.63, 3.8) is 0 Å². The first kappa shape index (κ1) is 11.1. The Morgan fingerprint density at radius 2 is 1.36 bits per heavy atom. The first-order chi connectivity index (χ1) is 4.70. The largest absolute Gasteiger partial charge is 0.0538 e. The van der Waals surface area contributed by atoms with Gasteiger partial charge < -0.3 is 9.11 Å². The van der Waals surface area contributed by atoms with Gasteiger partial charge in [-0.25, -0.2) is 4.21 Å². The van der Waals surface area contributed by atoms with E-state index in [1.807, 2.05) is 0 Å². The Balaban J connectivity index is 0.000000183. The first-order valence-corrected chi connectivity index (χ1v) is 3.62. The van der Waals surface area contributed by atoms with Gasteiger partial charge in [0.15, 0.2) is 0 Å². The van der Waals surface area contributed by atoms with Crippen LogP contribution in [0.1, 0.15) is 0 Å². The number of rotatable bonds is 0. The third kappa shape index (κ3) is 3.33. The summed E-state index contributed by atoms with van der Waals surface area (Å²) < 4.78 is 24.1. The van der Waals surface area contributed by atoms with E-state index >= 15 is 0 Å². The molecule has 1 atom stereocenters. The van der Waals surface area contributed by atoms with E-state index in [1.165, 1.54) is 11.1 Å². The monoisotopic (exact) mass is 279 g/mol. The molecular formula is C6H7O3SSn-. The number of hydrogen-bond donors (Lipinski definition) is 1. The fourth-order valence-corrected chi connectivity index (χ4v) is 0.663. The van der Waals surface area contributed by atoms with Crippen molar-refractivity contribution < 1.29 is 13.3 Å². The van der Waals surface area contributed by atoms with Gasteiger partial charge in [0, 0.05) is 0 Å². The van der Waals surface area contributed by atoms with Gasteiger partial charge in [-0.15, -0.1) is 0 Å². The zero-order valence-electron chi connectivity index (χ0n) is 5.69. The molecule has 2 aliphatic rings. The van der Waals surface area contributed by atoms with Crippen LogP contribution in [0.25, 0.3) is 11.1 Å². The van der Waals surface area contributed by atoms with Crippen molar-refractivity contribution >= 4 is 35.3 Å². The number of benzene rings is 1. The third-order valence-corrected chi connectivity index (χ3v) is 1.22. The van der Waals surface area contributed by atoms with Gasteiger partial charge >= 0.3 is 23.9 Å². The van der Waals surface area contributed by atoms with E-state index in [0.29, 0.717) is 0 Å². The Hall–Kier alpha value is 0.0887. The second-order valence-corrected chi connectivity index (χ2v) is 2.23. The molecule has 0 spiro atoms. The average molecular weight is 278 g/mol. The van der Waals surface area contributed by atoms with Gasteiger partial charge in [0.05, 0.1) is 11.4 Å².